The molecule has 4 rings (SSSR count). The molecule has 0 unspecified atom stereocenters. The first kappa shape index (κ1) is 23.3. The second kappa shape index (κ2) is 9.54. The van der Waals surface area contributed by atoms with Crippen molar-refractivity contribution in [2.24, 2.45) is 0 Å². The number of benzene rings is 2. The van der Waals surface area contributed by atoms with Crippen molar-refractivity contribution in [3.05, 3.63) is 63.7 Å². The minimum atomic E-state index is -0.856. The summed E-state index contributed by atoms with van der Waals surface area (Å²) in [6, 6.07) is 13.2. The summed E-state index contributed by atoms with van der Waals surface area (Å²) in [5.74, 6) is -0.895. The molecule has 6 nitrogen and oxygen atoms in total. The van der Waals surface area contributed by atoms with Crippen molar-refractivity contribution in [3.63, 3.8) is 0 Å². The molecular weight excluding hydrogens is 463 g/mol. The fourth-order valence-corrected chi connectivity index (χ4v) is 5.11. The number of hydrogen-bond donors (Lipinski definition) is 1. The van der Waals surface area contributed by atoms with Crippen molar-refractivity contribution >= 4 is 40.2 Å². The number of thioether (sulfide) groups is 1. The monoisotopic (exact) mass is 484 g/mol. The van der Waals surface area contributed by atoms with Crippen LogP contribution in [0.15, 0.2) is 52.4 Å². The number of amides is 1. The van der Waals surface area contributed by atoms with Crippen LogP contribution in [0.4, 0.5) is 4.39 Å². The molecule has 1 atom stereocenters. The highest BCUT2D eigenvalue weighted by Gasteiger charge is 2.35. The Morgan fingerprint density at radius 2 is 2.00 bits per heavy atom. The first-order valence-electron chi connectivity index (χ1n) is 10.7. The SMILES string of the molecule is C[C@H](Sc1nc2ccccc2c(=O)n1-c1ccc(F)c(Cl)c1)C(=O)NC1(C#N)CCCCC1. The number of para-hydroxylation sites is 1. The van der Waals surface area contributed by atoms with E-state index in [1.807, 2.05) is 0 Å². The molecule has 9 heteroatoms. The summed E-state index contributed by atoms with van der Waals surface area (Å²) in [4.78, 5) is 31.0. The van der Waals surface area contributed by atoms with Crippen LogP contribution in [0.1, 0.15) is 39.0 Å². The van der Waals surface area contributed by atoms with Gasteiger partial charge in [-0.15, -0.1) is 0 Å². The number of nitrogens with one attached hydrogen (secondary N) is 1. The van der Waals surface area contributed by atoms with E-state index < -0.39 is 16.6 Å². The molecule has 0 spiro atoms. The van der Waals surface area contributed by atoms with Gasteiger partial charge in [0.05, 0.1) is 32.9 Å². The fourth-order valence-electron chi connectivity index (χ4n) is 4.01. The van der Waals surface area contributed by atoms with Gasteiger partial charge in [-0.05, 0) is 50.1 Å². The summed E-state index contributed by atoms with van der Waals surface area (Å²) < 4.78 is 15.1. The van der Waals surface area contributed by atoms with Gasteiger partial charge in [0, 0.05) is 0 Å². The summed E-state index contributed by atoms with van der Waals surface area (Å²) >= 11 is 7.07. The van der Waals surface area contributed by atoms with Gasteiger partial charge < -0.3 is 5.32 Å². The normalized spacial score (nSPS) is 16.2. The van der Waals surface area contributed by atoms with E-state index in [2.05, 4.69) is 16.4 Å². The van der Waals surface area contributed by atoms with Crippen LogP contribution in [0.5, 0.6) is 0 Å². The quantitative estimate of drug-likeness (QED) is 0.406. The maximum absolute atomic E-state index is 13.8. The largest absolute Gasteiger partial charge is 0.337 e. The Hall–Kier alpha value is -2.89. The summed E-state index contributed by atoms with van der Waals surface area (Å²) in [6.07, 6.45) is 4.09. The molecule has 0 saturated heterocycles. The van der Waals surface area contributed by atoms with Crippen LogP contribution in [-0.4, -0.2) is 26.2 Å². The van der Waals surface area contributed by atoms with Crippen LogP contribution >= 0.6 is 23.4 Å². The number of nitrogens with zero attached hydrogens (tertiary/aromatic N) is 3. The molecule has 2 aromatic carbocycles. The molecule has 1 aliphatic carbocycles. The lowest BCUT2D eigenvalue weighted by Crippen LogP contribution is -2.51. The van der Waals surface area contributed by atoms with Gasteiger partial charge in [-0.3, -0.25) is 14.2 Å². The van der Waals surface area contributed by atoms with Crippen LogP contribution < -0.4 is 10.9 Å². The van der Waals surface area contributed by atoms with E-state index in [0.717, 1.165) is 31.0 Å². The number of rotatable bonds is 5. The Balaban J connectivity index is 1.72. The average molecular weight is 485 g/mol. The zero-order valence-electron chi connectivity index (χ0n) is 18.0. The third kappa shape index (κ3) is 4.75. The smallest absolute Gasteiger partial charge is 0.266 e. The molecule has 3 aromatic rings. The summed E-state index contributed by atoms with van der Waals surface area (Å²) in [6.45, 7) is 1.71. The van der Waals surface area contributed by atoms with Crippen molar-refractivity contribution in [2.45, 2.75) is 55.0 Å². The predicted octanol–water partition coefficient (Wildman–Crippen LogP) is 5.00. The molecule has 1 saturated carbocycles. The maximum Gasteiger partial charge on any atom is 0.266 e. The number of carbonyl (C=O) groups is 1. The van der Waals surface area contributed by atoms with Gasteiger partial charge in [-0.2, -0.15) is 5.26 Å². The van der Waals surface area contributed by atoms with E-state index in [1.54, 1.807) is 31.2 Å². The highest BCUT2D eigenvalue weighted by Crippen LogP contribution is 2.30. The minimum absolute atomic E-state index is 0.123. The van der Waals surface area contributed by atoms with Gasteiger partial charge in [0.1, 0.15) is 11.4 Å². The number of halogens is 2. The Bertz CT molecular complexity index is 1310. The highest BCUT2D eigenvalue weighted by molar-refractivity contribution is 8.00. The lowest BCUT2D eigenvalue weighted by atomic mass is 9.83. The van der Waals surface area contributed by atoms with E-state index in [-0.39, 0.29) is 21.6 Å². The maximum atomic E-state index is 13.8. The molecule has 0 radical (unpaired) electrons. The molecular formula is C24H22ClFN4O2S. The Morgan fingerprint density at radius 1 is 1.27 bits per heavy atom. The number of aromatic nitrogens is 2. The highest BCUT2D eigenvalue weighted by atomic mass is 35.5. The first-order valence-corrected chi connectivity index (χ1v) is 12.0. The zero-order valence-corrected chi connectivity index (χ0v) is 19.5. The van der Waals surface area contributed by atoms with Crippen LogP contribution in [-0.2, 0) is 4.79 Å². The molecule has 1 aliphatic rings. The van der Waals surface area contributed by atoms with Crippen LogP contribution in [0.3, 0.4) is 0 Å². The van der Waals surface area contributed by atoms with Crippen molar-refractivity contribution in [1.82, 2.24) is 14.9 Å². The van der Waals surface area contributed by atoms with Gasteiger partial charge in [0.25, 0.3) is 5.56 Å². The Morgan fingerprint density at radius 3 is 2.70 bits per heavy atom. The van der Waals surface area contributed by atoms with E-state index in [1.165, 1.54) is 22.8 Å². The number of hydrogen-bond acceptors (Lipinski definition) is 5. The first-order chi connectivity index (χ1) is 15.8. The van der Waals surface area contributed by atoms with Gasteiger partial charge >= 0.3 is 0 Å². The van der Waals surface area contributed by atoms with E-state index in [0.29, 0.717) is 29.4 Å². The molecule has 0 aliphatic heterocycles. The molecule has 1 aromatic heterocycles. The van der Waals surface area contributed by atoms with E-state index in [9.17, 15) is 19.2 Å². The van der Waals surface area contributed by atoms with Crippen molar-refractivity contribution in [1.29, 1.82) is 5.26 Å². The lowest BCUT2D eigenvalue weighted by molar-refractivity contribution is -0.121. The topological polar surface area (TPSA) is 87.8 Å². The molecule has 0 bridgehead atoms. The molecule has 33 heavy (non-hydrogen) atoms. The molecule has 1 N–H and O–H groups in total. The van der Waals surface area contributed by atoms with Gasteiger partial charge in [-0.25, -0.2) is 9.37 Å². The second-order valence-corrected chi connectivity index (χ2v) is 9.87. The lowest BCUT2D eigenvalue weighted by Gasteiger charge is -2.32. The molecule has 1 heterocycles. The molecule has 1 fully saturated rings. The average Bonchev–Trinajstić information content (AvgIpc) is 2.82. The summed E-state index contributed by atoms with van der Waals surface area (Å²) in [7, 11) is 0. The minimum Gasteiger partial charge on any atom is -0.337 e. The summed E-state index contributed by atoms with van der Waals surface area (Å²) in [5, 5.41) is 12.5. The Labute approximate surface area is 199 Å². The Kier molecular flexibility index (Phi) is 6.73. The molecule has 1 amide bonds. The van der Waals surface area contributed by atoms with Crippen LogP contribution in [0, 0.1) is 17.1 Å². The number of nitriles is 1. The van der Waals surface area contributed by atoms with Crippen molar-refractivity contribution in [3.8, 4) is 11.8 Å². The fraction of sp³-hybridized carbons (Fsp3) is 0.333. The van der Waals surface area contributed by atoms with Gasteiger partial charge in [0.15, 0.2) is 5.16 Å². The zero-order chi connectivity index (χ0) is 23.6. The number of fused-ring (bicyclic) bond motifs is 1. The van der Waals surface area contributed by atoms with Crippen molar-refractivity contribution < 1.29 is 9.18 Å². The van der Waals surface area contributed by atoms with Crippen LogP contribution in [0.25, 0.3) is 16.6 Å². The van der Waals surface area contributed by atoms with Gasteiger partial charge in [-0.1, -0.05) is 54.8 Å². The summed E-state index contributed by atoms with van der Waals surface area (Å²) in [5.41, 5.74) is -0.368. The van der Waals surface area contributed by atoms with Crippen LogP contribution in [0.2, 0.25) is 5.02 Å². The predicted molar refractivity (Wildman–Crippen MR) is 127 cm³/mol. The third-order valence-corrected chi connectivity index (χ3v) is 7.18. The van der Waals surface area contributed by atoms with Crippen molar-refractivity contribution in [2.75, 3.05) is 0 Å². The van der Waals surface area contributed by atoms with E-state index >= 15 is 0 Å². The standard InChI is InChI=1S/C24H22ClFN4O2S/c1-15(21(31)29-24(14-27)11-5-2-6-12-24)33-23-28-20-8-4-3-7-17(20)22(32)30(23)16-9-10-19(26)18(25)13-16/h3-4,7-10,13,15H,2,5-6,11-12H2,1H3,(H,29,31)/t15-/m0/s1. The number of carbonyl (C=O) groups excluding carboxylic acids is 1. The third-order valence-electron chi connectivity index (χ3n) is 5.84. The molecule has 170 valence electrons. The van der Waals surface area contributed by atoms with E-state index in [4.69, 9.17) is 11.6 Å². The second-order valence-electron chi connectivity index (χ2n) is 8.15. The van der Waals surface area contributed by atoms with Gasteiger partial charge in [0.2, 0.25) is 5.91 Å².